The van der Waals surface area contributed by atoms with Gasteiger partial charge in [0.15, 0.2) is 5.11 Å². The fourth-order valence-electron chi connectivity index (χ4n) is 3.22. The van der Waals surface area contributed by atoms with E-state index in [2.05, 4.69) is 27.8 Å². The summed E-state index contributed by atoms with van der Waals surface area (Å²) in [6.45, 7) is 6.19. The highest BCUT2D eigenvalue weighted by Crippen LogP contribution is 2.34. The number of hydrogen-bond acceptors (Lipinski definition) is 5. The van der Waals surface area contributed by atoms with Crippen LogP contribution >= 0.6 is 23.6 Å². The molecule has 2 heterocycles. The van der Waals surface area contributed by atoms with Crippen molar-refractivity contribution in [2.24, 2.45) is 0 Å². The fourth-order valence-corrected chi connectivity index (χ4v) is 4.64. The predicted octanol–water partition coefficient (Wildman–Crippen LogP) is 5.59. The number of aryl methyl sites for hydroxylation is 1. The predicted molar refractivity (Wildman–Crippen MR) is 128 cm³/mol. The Morgan fingerprint density at radius 3 is 2.37 bits per heavy atom. The summed E-state index contributed by atoms with van der Waals surface area (Å²) in [6.07, 6.45) is 5.21. The molecule has 1 aromatic carbocycles. The molecule has 0 bridgehead atoms. The molecular formula is C23H25N3O2S2. The van der Waals surface area contributed by atoms with E-state index in [4.69, 9.17) is 17.0 Å². The van der Waals surface area contributed by atoms with Gasteiger partial charge in [-0.05, 0) is 79.9 Å². The Hall–Kier alpha value is -2.77. The number of thiophene rings is 1. The molecule has 2 aromatic heterocycles. The highest BCUT2D eigenvalue weighted by atomic mass is 32.1. The Labute approximate surface area is 186 Å². The normalized spacial score (nSPS) is 10.5. The smallest absolute Gasteiger partial charge is 0.341 e. The molecule has 0 saturated carbocycles. The Morgan fingerprint density at radius 1 is 1.07 bits per heavy atom. The summed E-state index contributed by atoms with van der Waals surface area (Å²) in [4.78, 5) is 17.6. The van der Waals surface area contributed by atoms with Crippen molar-refractivity contribution in [1.82, 2.24) is 4.98 Å². The maximum Gasteiger partial charge on any atom is 0.341 e. The number of hydrogen-bond donors (Lipinski definition) is 2. The molecule has 3 aromatic rings. The first-order valence-electron chi connectivity index (χ1n) is 9.87. The van der Waals surface area contributed by atoms with Gasteiger partial charge in [-0.3, -0.25) is 4.98 Å². The van der Waals surface area contributed by atoms with Crippen molar-refractivity contribution in [3.8, 4) is 0 Å². The minimum absolute atomic E-state index is 0.315. The van der Waals surface area contributed by atoms with Crippen LogP contribution in [0, 0.1) is 6.92 Å². The van der Waals surface area contributed by atoms with Gasteiger partial charge in [-0.1, -0.05) is 19.1 Å². The molecule has 0 aliphatic rings. The quantitative estimate of drug-likeness (QED) is 0.370. The average molecular weight is 440 g/mol. The Kier molecular flexibility index (Phi) is 7.54. The number of anilines is 2. The molecule has 0 saturated heterocycles. The monoisotopic (exact) mass is 439 g/mol. The lowest BCUT2D eigenvalue weighted by Crippen LogP contribution is -2.20. The number of aromatic nitrogens is 1. The number of benzene rings is 1. The number of carbonyl (C=O) groups is 1. The van der Waals surface area contributed by atoms with Gasteiger partial charge in [-0.15, -0.1) is 11.3 Å². The molecule has 7 heteroatoms. The molecule has 0 fully saturated rings. The number of ether oxygens (including phenoxy) is 1. The van der Waals surface area contributed by atoms with Crippen LogP contribution in [0.25, 0.3) is 0 Å². The van der Waals surface area contributed by atoms with Crippen LogP contribution in [0.2, 0.25) is 0 Å². The minimum atomic E-state index is -0.315. The van der Waals surface area contributed by atoms with Gasteiger partial charge in [-0.2, -0.15) is 0 Å². The molecule has 0 aliphatic carbocycles. The molecule has 0 atom stereocenters. The van der Waals surface area contributed by atoms with Gasteiger partial charge in [0.05, 0.1) is 12.2 Å². The average Bonchev–Trinajstić information content (AvgIpc) is 3.05. The van der Waals surface area contributed by atoms with E-state index in [1.807, 2.05) is 38.1 Å². The van der Waals surface area contributed by atoms with Crippen LogP contribution in [0.3, 0.4) is 0 Å². The van der Waals surface area contributed by atoms with Crippen molar-refractivity contribution in [2.45, 2.75) is 33.6 Å². The maximum absolute atomic E-state index is 12.5. The number of esters is 1. The second kappa shape index (κ2) is 10.3. The standard InChI is InChI=1S/C23H25N3O2S2/c1-4-19-15(3)30-21(20(19)22(27)28-5-2)26-23(29)25-18-8-6-16(7-9-18)14-17-10-12-24-13-11-17/h6-13H,4-5,14H2,1-3H3,(H2,25,26,29). The first-order valence-corrected chi connectivity index (χ1v) is 11.1. The van der Waals surface area contributed by atoms with Crippen LogP contribution < -0.4 is 10.6 Å². The summed E-state index contributed by atoms with van der Waals surface area (Å²) in [5.41, 5.74) is 4.89. The molecule has 0 radical (unpaired) electrons. The lowest BCUT2D eigenvalue weighted by molar-refractivity contribution is 0.0527. The largest absolute Gasteiger partial charge is 0.462 e. The highest BCUT2D eigenvalue weighted by molar-refractivity contribution is 7.80. The first-order chi connectivity index (χ1) is 14.5. The van der Waals surface area contributed by atoms with Crippen molar-refractivity contribution in [3.05, 3.63) is 75.9 Å². The van der Waals surface area contributed by atoms with Crippen LogP contribution in [0.4, 0.5) is 10.7 Å². The van der Waals surface area contributed by atoms with E-state index in [9.17, 15) is 4.79 Å². The number of rotatable bonds is 7. The van der Waals surface area contributed by atoms with E-state index in [1.54, 1.807) is 19.3 Å². The number of nitrogens with zero attached hydrogens (tertiary/aromatic N) is 1. The van der Waals surface area contributed by atoms with Gasteiger partial charge in [0.25, 0.3) is 0 Å². The van der Waals surface area contributed by atoms with Gasteiger partial charge in [0.2, 0.25) is 0 Å². The van der Waals surface area contributed by atoms with Crippen molar-refractivity contribution >= 4 is 45.3 Å². The van der Waals surface area contributed by atoms with Crippen molar-refractivity contribution in [2.75, 3.05) is 17.2 Å². The van der Waals surface area contributed by atoms with E-state index in [0.29, 0.717) is 17.3 Å². The van der Waals surface area contributed by atoms with Gasteiger partial charge >= 0.3 is 5.97 Å². The van der Waals surface area contributed by atoms with Crippen molar-refractivity contribution < 1.29 is 9.53 Å². The number of nitrogens with one attached hydrogen (secondary N) is 2. The molecule has 2 N–H and O–H groups in total. The van der Waals surface area contributed by atoms with Crippen molar-refractivity contribution in [1.29, 1.82) is 0 Å². The zero-order valence-corrected chi connectivity index (χ0v) is 19.0. The summed E-state index contributed by atoms with van der Waals surface area (Å²) in [6, 6.07) is 12.2. The molecule has 30 heavy (non-hydrogen) atoms. The molecule has 3 rings (SSSR count). The second-order valence-electron chi connectivity index (χ2n) is 6.72. The lowest BCUT2D eigenvalue weighted by Gasteiger charge is -2.12. The van der Waals surface area contributed by atoms with Gasteiger partial charge in [0, 0.05) is 23.0 Å². The van der Waals surface area contributed by atoms with E-state index in [1.165, 1.54) is 22.5 Å². The summed E-state index contributed by atoms with van der Waals surface area (Å²) in [5.74, 6) is -0.315. The number of pyridine rings is 1. The second-order valence-corrected chi connectivity index (χ2v) is 8.36. The van der Waals surface area contributed by atoms with E-state index < -0.39 is 0 Å². The van der Waals surface area contributed by atoms with Crippen molar-refractivity contribution in [3.63, 3.8) is 0 Å². The Morgan fingerprint density at radius 2 is 1.73 bits per heavy atom. The van der Waals surface area contributed by atoms with Crippen LogP contribution in [0.5, 0.6) is 0 Å². The Balaban J connectivity index is 1.68. The third-order valence-electron chi connectivity index (χ3n) is 4.64. The van der Waals surface area contributed by atoms with Gasteiger partial charge in [-0.25, -0.2) is 4.79 Å². The molecule has 0 amide bonds. The van der Waals surface area contributed by atoms with Gasteiger partial charge in [0.1, 0.15) is 5.00 Å². The lowest BCUT2D eigenvalue weighted by atomic mass is 10.1. The highest BCUT2D eigenvalue weighted by Gasteiger charge is 2.22. The topological polar surface area (TPSA) is 63.2 Å². The number of carbonyl (C=O) groups excluding carboxylic acids is 1. The third-order valence-corrected chi connectivity index (χ3v) is 5.91. The van der Waals surface area contributed by atoms with Crippen LogP contribution in [0.15, 0.2) is 48.8 Å². The van der Waals surface area contributed by atoms with E-state index in [-0.39, 0.29) is 5.97 Å². The molecule has 5 nitrogen and oxygen atoms in total. The first kappa shape index (κ1) is 21.9. The maximum atomic E-state index is 12.5. The Bertz CT molecular complexity index is 1010. The molecule has 0 unspecified atom stereocenters. The van der Waals surface area contributed by atoms with E-state index in [0.717, 1.165) is 34.0 Å². The summed E-state index contributed by atoms with van der Waals surface area (Å²) in [7, 11) is 0. The summed E-state index contributed by atoms with van der Waals surface area (Å²) in [5, 5.41) is 7.52. The molecule has 0 aliphatic heterocycles. The van der Waals surface area contributed by atoms with Crippen LogP contribution in [-0.4, -0.2) is 22.7 Å². The SMILES string of the molecule is CCOC(=O)c1c(NC(=S)Nc2ccc(Cc3ccncc3)cc2)sc(C)c1CC. The molecule has 0 spiro atoms. The van der Waals surface area contributed by atoms with Crippen LogP contribution in [0.1, 0.15) is 45.8 Å². The van der Waals surface area contributed by atoms with Crippen LogP contribution in [-0.2, 0) is 17.6 Å². The zero-order valence-electron chi connectivity index (χ0n) is 17.3. The third kappa shape index (κ3) is 5.43. The zero-order chi connectivity index (χ0) is 21.5. The summed E-state index contributed by atoms with van der Waals surface area (Å²) >= 11 is 7.00. The molecular weight excluding hydrogens is 414 g/mol. The molecule has 156 valence electrons. The van der Waals surface area contributed by atoms with Gasteiger partial charge < -0.3 is 15.4 Å². The van der Waals surface area contributed by atoms with E-state index >= 15 is 0 Å². The number of thiocarbonyl (C=S) groups is 1. The minimum Gasteiger partial charge on any atom is -0.462 e. The fraction of sp³-hybridized carbons (Fsp3) is 0.261. The summed E-state index contributed by atoms with van der Waals surface area (Å²) < 4.78 is 5.25.